The molecular weight excluding hydrogens is 390 g/mol. The molecule has 3 N–H and O–H groups in total. The maximum absolute atomic E-state index is 12.2. The standard InChI is InChI=1S/C21H24ClN5O2/c1-13-20(10-19(26-25-13)18(11-23)21(29)24-14(2)28)27-8-7-16(12-27)9-15-3-5-17(22)6-4-15/h3-6,10-11,16H,7-9,12,23H2,1-2H3,(H,24,28,29)/b18-11-. The molecular formula is C21H24ClN5O2. The number of amides is 2. The molecule has 2 heterocycles. The molecule has 7 nitrogen and oxygen atoms in total. The van der Waals surface area contributed by atoms with Gasteiger partial charge < -0.3 is 10.6 Å². The highest BCUT2D eigenvalue weighted by atomic mass is 35.5. The highest BCUT2D eigenvalue weighted by Crippen LogP contribution is 2.29. The lowest BCUT2D eigenvalue weighted by atomic mass is 9.99. The van der Waals surface area contributed by atoms with Gasteiger partial charge in [0.2, 0.25) is 5.91 Å². The average molecular weight is 414 g/mol. The van der Waals surface area contributed by atoms with Crippen molar-refractivity contribution in [3.8, 4) is 0 Å². The van der Waals surface area contributed by atoms with Crippen LogP contribution in [-0.4, -0.2) is 35.1 Å². The summed E-state index contributed by atoms with van der Waals surface area (Å²) in [6.07, 6.45) is 3.19. The third-order valence-corrected chi connectivity index (χ3v) is 5.24. The SMILES string of the molecule is CC(=O)NC(=O)/C(=C\N)c1cc(N2CCC(Cc3ccc(Cl)cc3)C2)c(C)nn1. The Morgan fingerprint density at radius 1 is 1.31 bits per heavy atom. The van der Waals surface area contributed by atoms with Gasteiger partial charge in [-0.15, -0.1) is 5.10 Å². The number of aryl methyl sites for hydroxylation is 1. The van der Waals surface area contributed by atoms with Crippen LogP contribution in [0.3, 0.4) is 0 Å². The summed E-state index contributed by atoms with van der Waals surface area (Å²) < 4.78 is 0. The molecule has 152 valence electrons. The van der Waals surface area contributed by atoms with Gasteiger partial charge in [0.05, 0.1) is 17.0 Å². The number of hydrogen-bond donors (Lipinski definition) is 2. The number of anilines is 1. The fourth-order valence-electron chi connectivity index (χ4n) is 3.57. The number of halogens is 1. The van der Waals surface area contributed by atoms with E-state index >= 15 is 0 Å². The number of hydrogen-bond acceptors (Lipinski definition) is 6. The van der Waals surface area contributed by atoms with Crippen molar-refractivity contribution < 1.29 is 9.59 Å². The number of imide groups is 1. The highest BCUT2D eigenvalue weighted by molar-refractivity contribution is 6.30. The number of nitrogens with one attached hydrogen (secondary N) is 1. The topological polar surface area (TPSA) is 101 Å². The third kappa shape index (κ3) is 5.12. The van der Waals surface area contributed by atoms with E-state index in [9.17, 15) is 9.59 Å². The molecule has 1 fully saturated rings. The first-order valence-electron chi connectivity index (χ1n) is 9.45. The van der Waals surface area contributed by atoms with Crippen molar-refractivity contribution in [2.45, 2.75) is 26.7 Å². The summed E-state index contributed by atoms with van der Waals surface area (Å²) in [5.74, 6) is -0.539. The fraction of sp³-hybridized carbons (Fsp3) is 0.333. The van der Waals surface area contributed by atoms with E-state index in [1.54, 1.807) is 0 Å². The molecule has 0 spiro atoms. The molecule has 3 rings (SSSR count). The summed E-state index contributed by atoms with van der Waals surface area (Å²) in [6, 6.07) is 9.77. The monoisotopic (exact) mass is 413 g/mol. The fourth-order valence-corrected chi connectivity index (χ4v) is 3.70. The molecule has 0 aliphatic carbocycles. The normalized spacial score (nSPS) is 16.7. The van der Waals surface area contributed by atoms with Crippen molar-refractivity contribution in [1.29, 1.82) is 0 Å². The number of carbonyl (C=O) groups is 2. The Morgan fingerprint density at radius 3 is 2.69 bits per heavy atom. The van der Waals surface area contributed by atoms with Crippen molar-refractivity contribution in [2.24, 2.45) is 11.7 Å². The maximum atomic E-state index is 12.2. The molecule has 1 saturated heterocycles. The van der Waals surface area contributed by atoms with E-state index in [0.29, 0.717) is 11.6 Å². The zero-order valence-corrected chi connectivity index (χ0v) is 17.2. The van der Waals surface area contributed by atoms with Gasteiger partial charge in [0.25, 0.3) is 5.91 Å². The van der Waals surface area contributed by atoms with Crippen molar-refractivity contribution in [3.05, 3.63) is 58.5 Å². The summed E-state index contributed by atoms with van der Waals surface area (Å²) in [6.45, 7) is 4.94. The van der Waals surface area contributed by atoms with Crippen molar-refractivity contribution in [2.75, 3.05) is 18.0 Å². The molecule has 1 aliphatic rings. The molecule has 1 aromatic heterocycles. The second-order valence-corrected chi connectivity index (χ2v) is 7.66. The van der Waals surface area contributed by atoms with E-state index in [0.717, 1.165) is 48.5 Å². The van der Waals surface area contributed by atoms with E-state index in [1.165, 1.54) is 12.5 Å². The minimum absolute atomic E-state index is 0.117. The lowest BCUT2D eigenvalue weighted by Gasteiger charge is -2.21. The van der Waals surface area contributed by atoms with Crippen molar-refractivity contribution >= 4 is 34.7 Å². The minimum Gasteiger partial charge on any atom is -0.404 e. The molecule has 1 aliphatic heterocycles. The van der Waals surface area contributed by atoms with Gasteiger partial charge in [-0.05, 0) is 49.4 Å². The summed E-state index contributed by atoms with van der Waals surface area (Å²) in [4.78, 5) is 25.7. The second-order valence-electron chi connectivity index (χ2n) is 7.22. The first kappa shape index (κ1) is 20.8. The molecule has 29 heavy (non-hydrogen) atoms. The second kappa shape index (κ2) is 9.05. The Morgan fingerprint density at radius 2 is 2.03 bits per heavy atom. The van der Waals surface area contributed by atoms with Crippen LogP contribution in [-0.2, 0) is 16.0 Å². The first-order valence-corrected chi connectivity index (χ1v) is 9.83. The largest absolute Gasteiger partial charge is 0.404 e. The Balaban J connectivity index is 1.75. The van der Waals surface area contributed by atoms with Crippen LogP contribution in [0.25, 0.3) is 5.57 Å². The number of nitrogens with two attached hydrogens (primary N) is 1. The zero-order valence-electron chi connectivity index (χ0n) is 16.5. The van der Waals surface area contributed by atoms with E-state index < -0.39 is 11.8 Å². The molecule has 0 saturated carbocycles. The van der Waals surface area contributed by atoms with Crippen molar-refractivity contribution in [1.82, 2.24) is 15.5 Å². The minimum atomic E-state index is -0.592. The molecule has 8 heteroatoms. The lowest BCUT2D eigenvalue weighted by Crippen LogP contribution is -2.30. The van der Waals surface area contributed by atoms with Gasteiger partial charge in [-0.3, -0.25) is 14.9 Å². The number of aromatic nitrogens is 2. The Hall–Kier alpha value is -2.93. The Labute approximate surface area is 174 Å². The summed E-state index contributed by atoms with van der Waals surface area (Å²) in [5.41, 5.74) is 9.04. The predicted molar refractivity (Wildman–Crippen MR) is 113 cm³/mol. The van der Waals surface area contributed by atoms with Crippen LogP contribution < -0.4 is 16.0 Å². The van der Waals surface area contributed by atoms with Crippen molar-refractivity contribution in [3.63, 3.8) is 0 Å². The summed E-state index contributed by atoms with van der Waals surface area (Å²) in [7, 11) is 0. The summed E-state index contributed by atoms with van der Waals surface area (Å²) >= 11 is 5.97. The molecule has 0 bridgehead atoms. The summed E-state index contributed by atoms with van der Waals surface area (Å²) in [5, 5.41) is 11.3. The molecule has 0 radical (unpaired) electrons. The van der Waals surface area contributed by atoms with E-state index in [2.05, 4.69) is 32.5 Å². The van der Waals surface area contributed by atoms with Crippen LogP contribution in [0, 0.1) is 12.8 Å². The number of nitrogens with zero attached hydrogens (tertiary/aromatic N) is 3. The van der Waals surface area contributed by atoms with Gasteiger partial charge in [0.15, 0.2) is 0 Å². The lowest BCUT2D eigenvalue weighted by molar-refractivity contribution is -0.126. The Kier molecular flexibility index (Phi) is 6.49. The van der Waals surface area contributed by atoms with Crippen LogP contribution >= 0.6 is 11.6 Å². The van der Waals surface area contributed by atoms with E-state index in [4.69, 9.17) is 17.3 Å². The van der Waals surface area contributed by atoms with Gasteiger partial charge in [-0.2, -0.15) is 5.10 Å². The number of benzene rings is 1. The first-order chi connectivity index (χ1) is 13.9. The Bertz CT molecular complexity index is 943. The predicted octanol–water partition coefficient (Wildman–Crippen LogP) is 2.47. The maximum Gasteiger partial charge on any atom is 0.261 e. The van der Waals surface area contributed by atoms with Gasteiger partial charge >= 0.3 is 0 Å². The number of carbonyl (C=O) groups excluding carboxylic acids is 2. The van der Waals surface area contributed by atoms with Gasteiger partial charge in [0, 0.05) is 31.2 Å². The van der Waals surface area contributed by atoms with E-state index in [1.807, 2.05) is 25.1 Å². The van der Waals surface area contributed by atoms with Crippen LogP contribution in [0.15, 0.2) is 36.5 Å². The average Bonchev–Trinajstić information content (AvgIpc) is 3.13. The molecule has 1 aromatic carbocycles. The van der Waals surface area contributed by atoms with E-state index in [-0.39, 0.29) is 5.57 Å². The van der Waals surface area contributed by atoms with Gasteiger partial charge in [-0.1, -0.05) is 23.7 Å². The molecule has 2 amide bonds. The molecule has 1 atom stereocenters. The van der Waals surface area contributed by atoms with Crippen LogP contribution in [0.4, 0.5) is 5.69 Å². The van der Waals surface area contributed by atoms with Crippen LogP contribution in [0.1, 0.15) is 30.3 Å². The quantitative estimate of drug-likeness (QED) is 0.730. The third-order valence-electron chi connectivity index (χ3n) is 4.99. The highest BCUT2D eigenvalue weighted by Gasteiger charge is 2.26. The molecule has 2 aromatic rings. The van der Waals surface area contributed by atoms with Gasteiger partial charge in [0.1, 0.15) is 5.69 Å². The van der Waals surface area contributed by atoms with Gasteiger partial charge in [-0.25, -0.2) is 0 Å². The number of rotatable bonds is 5. The van der Waals surface area contributed by atoms with Crippen LogP contribution in [0.5, 0.6) is 0 Å². The zero-order chi connectivity index (χ0) is 21.0. The van der Waals surface area contributed by atoms with Crippen LogP contribution in [0.2, 0.25) is 5.02 Å². The molecule has 1 unspecified atom stereocenters. The smallest absolute Gasteiger partial charge is 0.261 e.